The number of rotatable bonds is 6. The lowest BCUT2D eigenvalue weighted by Gasteiger charge is -2.25. The van der Waals surface area contributed by atoms with Crippen LogP contribution in [0.3, 0.4) is 0 Å². The topological polar surface area (TPSA) is 66.5 Å². The average molecular weight is 403 g/mol. The van der Waals surface area contributed by atoms with E-state index in [1.165, 1.54) is 0 Å². The molecule has 2 aromatic carbocycles. The van der Waals surface area contributed by atoms with Crippen LogP contribution in [-0.4, -0.2) is 40.7 Å². The first-order chi connectivity index (χ1) is 12.9. The van der Waals surface area contributed by atoms with Crippen molar-refractivity contribution in [3.05, 3.63) is 64.2 Å². The highest BCUT2D eigenvalue weighted by molar-refractivity contribution is 7.98. The molecule has 0 aliphatic carbocycles. The number of thioether (sulfide) groups is 1. The molecule has 1 N–H and O–H groups in total. The van der Waals surface area contributed by atoms with Gasteiger partial charge in [-0.1, -0.05) is 29.8 Å². The Morgan fingerprint density at radius 1 is 1.15 bits per heavy atom. The maximum Gasteiger partial charge on any atom is 0.262 e. The van der Waals surface area contributed by atoms with Gasteiger partial charge in [0.05, 0.1) is 11.1 Å². The third-order valence-electron chi connectivity index (χ3n) is 4.47. The molecule has 5 nitrogen and oxygen atoms in total. The second-order valence-corrected chi connectivity index (χ2v) is 7.67. The summed E-state index contributed by atoms with van der Waals surface area (Å²) in [4.78, 5) is 39.5. The summed E-state index contributed by atoms with van der Waals surface area (Å²) >= 11 is 7.67. The van der Waals surface area contributed by atoms with Crippen LogP contribution < -0.4 is 5.32 Å². The maximum atomic E-state index is 12.9. The van der Waals surface area contributed by atoms with Crippen LogP contribution in [0.25, 0.3) is 0 Å². The van der Waals surface area contributed by atoms with E-state index in [0.29, 0.717) is 34.0 Å². The molecule has 140 valence electrons. The van der Waals surface area contributed by atoms with E-state index in [9.17, 15) is 14.4 Å². The zero-order valence-electron chi connectivity index (χ0n) is 15.0. The molecule has 1 atom stereocenters. The highest BCUT2D eigenvalue weighted by Crippen LogP contribution is 2.27. The number of benzene rings is 2. The number of hydrogen-bond acceptors (Lipinski definition) is 4. The lowest BCUT2D eigenvalue weighted by molar-refractivity contribution is -0.120. The number of nitrogens with one attached hydrogen (secondary N) is 1. The summed E-state index contributed by atoms with van der Waals surface area (Å²) in [5.41, 5.74) is 2.10. The van der Waals surface area contributed by atoms with E-state index in [-0.39, 0.29) is 0 Å². The van der Waals surface area contributed by atoms with Crippen LogP contribution in [0.5, 0.6) is 0 Å². The minimum atomic E-state index is -0.884. The van der Waals surface area contributed by atoms with E-state index < -0.39 is 23.8 Å². The summed E-state index contributed by atoms with van der Waals surface area (Å²) in [6, 6.07) is 11.0. The van der Waals surface area contributed by atoms with Crippen molar-refractivity contribution in [3.63, 3.8) is 0 Å². The molecule has 7 heteroatoms. The zero-order valence-corrected chi connectivity index (χ0v) is 16.6. The van der Waals surface area contributed by atoms with Crippen LogP contribution in [0.15, 0.2) is 42.5 Å². The van der Waals surface area contributed by atoms with Crippen LogP contribution in [0, 0.1) is 6.92 Å². The number of carbonyl (C=O) groups is 3. The summed E-state index contributed by atoms with van der Waals surface area (Å²) < 4.78 is 0. The fraction of sp³-hybridized carbons (Fsp3) is 0.250. The van der Waals surface area contributed by atoms with Gasteiger partial charge < -0.3 is 5.32 Å². The Balaban J connectivity index is 1.87. The molecule has 27 heavy (non-hydrogen) atoms. The smallest absolute Gasteiger partial charge is 0.262 e. The molecular formula is C20H19ClN2O3S. The summed E-state index contributed by atoms with van der Waals surface area (Å²) in [5, 5.41) is 3.32. The summed E-state index contributed by atoms with van der Waals surface area (Å²) in [7, 11) is 0. The Hall–Kier alpha value is -2.31. The Morgan fingerprint density at radius 2 is 1.78 bits per heavy atom. The molecule has 1 aliphatic rings. The van der Waals surface area contributed by atoms with Crippen LogP contribution in [-0.2, 0) is 4.79 Å². The molecule has 0 saturated carbocycles. The quantitative estimate of drug-likeness (QED) is 0.741. The lowest BCUT2D eigenvalue weighted by atomic mass is 10.1. The number of anilines is 1. The van der Waals surface area contributed by atoms with Crippen LogP contribution >= 0.6 is 23.4 Å². The number of nitrogens with zero attached hydrogens (tertiary/aromatic N) is 1. The Morgan fingerprint density at radius 3 is 2.33 bits per heavy atom. The molecule has 1 heterocycles. The Bertz CT molecular complexity index is 881. The van der Waals surface area contributed by atoms with Gasteiger partial charge in [0.1, 0.15) is 6.04 Å². The van der Waals surface area contributed by atoms with E-state index in [1.807, 2.05) is 13.2 Å². The summed E-state index contributed by atoms with van der Waals surface area (Å²) in [5.74, 6) is -0.629. The number of amides is 3. The van der Waals surface area contributed by atoms with Gasteiger partial charge in [-0.3, -0.25) is 19.3 Å². The summed E-state index contributed by atoms with van der Waals surface area (Å²) in [6.45, 7) is 1.87. The van der Waals surface area contributed by atoms with Gasteiger partial charge in [0.15, 0.2) is 0 Å². The number of fused-ring (bicyclic) bond motifs is 1. The van der Waals surface area contributed by atoms with Gasteiger partial charge in [-0.25, -0.2) is 0 Å². The normalized spacial score (nSPS) is 14.3. The molecule has 0 radical (unpaired) electrons. The number of halogens is 1. The second kappa shape index (κ2) is 8.15. The molecule has 0 saturated heterocycles. The molecule has 3 amide bonds. The fourth-order valence-corrected chi connectivity index (χ4v) is 3.63. The Kier molecular flexibility index (Phi) is 5.87. The van der Waals surface area contributed by atoms with Gasteiger partial charge in [0, 0.05) is 10.7 Å². The largest absolute Gasteiger partial charge is 0.324 e. The van der Waals surface area contributed by atoms with Gasteiger partial charge in [0.25, 0.3) is 11.8 Å². The standard InChI is InChI=1S/C20H19ClN2O3S/c1-12-7-8-13(11-16(12)21)22-18(24)17(9-10-27-2)23-19(25)14-5-3-4-6-15(14)20(23)26/h3-8,11,17H,9-10H2,1-2H3,(H,22,24)/t17-/m1/s1. The van der Waals surface area contributed by atoms with Crippen molar-refractivity contribution >= 4 is 46.8 Å². The molecular weight excluding hydrogens is 384 g/mol. The number of carbonyl (C=O) groups excluding carboxylic acids is 3. The van der Waals surface area contributed by atoms with Gasteiger partial charge in [-0.05, 0) is 55.2 Å². The predicted octanol–water partition coefficient (Wildman–Crippen LogP) is 4.00. The molecule has 0 bridgehead atoms. The molecule has 3 rings (SSSR count). The number of hydrogen-bond donors (Lipinski definition) is 1. The molecule has 0 unspecified atom stereocenters. The third-order valence-corrected chi connectivity index (χ3v) is 5.53. The second-order valence-electron chi connectivity index (χ2n) is 6.28. The van der Waals surface area contributed by atoms with Crippen molar-refractivity contribution in [3.8, 4) is 0 Å². The van der Waals surface area contributed by atoms with Crippen molar-refractivity contribution < 1.29 is 14.4 Å². The van der Waals surface area contributed by atoms with Crippen molar-refractivity contribution in [1.82, 2.24) is 4.90 Å². The first kappa shape index (κ1) is 19.5. The van der Waals surface area contributed by atoms with Crippen LogP contribution in [0.2, 0.25) is 5.02 Å². The van der Waals surface area contributed by atoms with Gasteiger partial charge >= 0.3 is 0 Å². The summed E-state index contributed by atoms with van der Waals surface area (Å²) in [6.07, 6.45) is 2.29. The molecule has 0 fully saturated rings. The van der Waals surface area contributed by atoms with E-state index in [0.717, 1.165) is 10.5 Å². The number of imide groups is 1. The van der Waals surface area contributed by atoms with Gasteiger partial charge in [0.2, 0.25) is 5.91 Å². The average Bonchev–Trinajstić information content (AvgIpc) is 2.90. The molecule has 1 aliphatic heterocycles. The lowest BCUT2D eigenvalue weighted by Crippen LogP contribution is -2.47. The van der Waals surface area contributed by atoms with Crippen molar-refractivity contribution in [1.29, 1.82) is 0 Å². The van der Waals surface area contributed by atoms with E-state index >= 15 is 0 Å². The minimum Gasteiger partial charge on any atom is -0.324 e. The molecule has 0 aromatic heterocycles. The van der Waals surface area contributed by atoms with E-state index in [4.69, 9.17) is 11.6 Å². The Labute approximate surface area is 167 Å². The third kappa shape index (κ3) is 3.87. The van der Waals surface area contributed by atoms with Crippen molar-refractivity contribution in [2.75, 3.05) is 17.3 Å². The van der Waals surface area contributed by atoms with E-state index in [1.54, 1.807) is 54.2 Å². The molecule has 0 spiro atoms. The highest BCUT2D eigenvalue weighted by atomic mass is 35.5. The number of aryl methyl sites for hydroxylation is 1. The van der Waals surface area contributed by atoms with Gasteiger partial charge in [-0.15, -0.1) is 0 Å². The van der Waals surface area contributed by atoms with Crippen molar-refractivity contribution in [2.24, 2.45) is 0 Å². The van der Waals surface area contributed by atoms with Crippen LogP contribution in [0.4, 0.5) is 5.69 Å². The van der Waals surface area contributed by atoms with Crippen LogP contribution in [0.1, 0.15) is 32.7 Å². The first-order valence-corrected chi connectivity index (χ1v) is 10.2. The predicted molar refractivity (Wildman–Crippen MR) is 109 cm³/mol. The maximum absolute atomic E-state index is 12.9. The zero-order chi connectivity index (χ0) is 19.6. The fourth-order valence-electron chi connectivity index (χ4n) is 2.99. The minimum absolute atomic E-state index is 0.336. The van der Waals surface area contributed by atoms with Gasteiger partial charge in [-0.2, -0.15) is 11.8 Å². The van der Waals surface area contributed by atoms with Crippen molar-refractivity contribution in [2.45, 2.75) is 19.4 Å². The highest BCUT2D eigenvalue weighted by Gasteiger charge is 2.42. The SMILES string of the molecule is CSCC[C@H](C(=O)Nc1ccc(C)c(Cl)c1)N1C(=O)c2ccccc2C1=O. The first-order valence-electron chi connectivity index (χ1n) is 8.47. The molecule has 2 aromatic rings. The monoisotopic (exact) mass is 402 g/mol. The van der Waals surface area contributed by atoms with E-state index in [2.05, 4.69) is 5.32 Å².